The van der Waals surface area contributed by atoms with Gasteiger partial charge in [0.1, 0.15) is 6.04 Å². The maximum atomic E-state index is 11.0. The summed E-state index contributed by atoms with van der Waals surface area (Å²) < 4.78 is 0. The molecule has 94 valence electrons. The number of anilines is 1. The number of rotatable bonds is 5. The van der Waals surface area contributed by atoms with Crippen LogP contribution in [0.15, 0.2) is 18.2 Å². The summed E-state index contributed by atoms with van der Waals surface area (Å²) in [6.07, 6.45) is 0. The van der Waals surface area contributed by atoms with Crippen LogP contribution in [0.25, 0.3) is 0 Å². The molecule has 1 aromatic carbocycles. The quantitative estimate of drug-likeness (QED) is 0.811. The smallest absolute Gasteiger partial charge is 0.322 e. The molecule has 1 rings (SSSR count). The van der Waals surface area contributed by atoms with Gasteiger partial charge in [-0.1, -0.05) is 12.1 Å². The Kier molecular flexibility index (Phi) is 4.52. The average molecular weight is 236 g/mol. The lowest BCUT2D eigenvalue weighted by Crippen LogP contribution is -2.43. The number of carboxylic acids is 1. The minimum absolute atomic E-state index is 0.441. The molecule has 2 N–H and O–H groups in total. The van der Waals surface area contributed by atoms with Gasteiger partial charge in [0.2, 0.25) is 0 Å². The first-order valence-corrected chi connectivity index (χ1v) is 5.64. The van der Waals surface area contributed by atoms with Gasteiger partial charge in [-0.25, -0.2) is 0 Å². The van der Waals surface area contributed by atoms with Crippen molar-refractivity contribution in [2.75, 3.05) is 25.5 Å². The number of hydrogen-bond acceptors (Lipinski definition) is 3. The minimum atomic E-state index is -0.829. The fraction of sp³-hybridized carbons (Fsp3) is 0.462. The van der Waals surface area contributed by atoms with Gasteiger partial charge in [0, 0.05) is 19.3 Å². The summed E-state index contributed by atoms with van der Waals surface area (Å²) in [6.45, 7) is 4.50. The van der Waals surface area contributed by atoms with Crippen molar-refractivity contribution in [2.45, 2.75) is 19.9 Å². The monoisotopic (exact) mass is 236 g/mol. The zero-order chi connectivity index (χ0) is 13.0. The predicted molar refractivity (Wildman–Crippen MR) is 69.7 cm³/mol. The Labute approximate surface area is 102 Å². The number of carboxylic acid groups (broad SMARTS) is 1. The third kappa shape index (κ3) is 3.46. The Hall–Kier alpha value is -1.55. The molecule has 4 heteroatoms. The largest absolute Gasteiger partial charge is 0.480 e. The first kappa shape index (κ1) is 13.5. The Morgan fingerprint density at radius 2 is 2.12 bits per heavy atom. The molecular formula is C13H20N2O2. The third-order valence-electron chi connectivity index (χ3n) is 2.88. The van der Waals surface area contributed by atoms with E-state index in [1.807, 2.05) is 25.8 Å². The second kappa shape index (κ2) is 5.68. The Morgan fingerprint density at radius 3 is 2.65 bits per heavy atom. The van der Waals surface area contributed by atoms with Gasteiger partial charge in [-0.05, 0) is 38.1 Å². The molecular weight excluding hydrogens is 216 g/mol. The fourth-order valence-corrected chi connectivity index (χ4v) is 1.80. The van der Waals surface area contributed by atoms with E-state index in [-0.39, 0.29) is 0 Å². The van der Waals surface area contributed by atoms with Crippen LogP contribution in [-0.4, -0.2) is 37.8 Å². The molecule has 0 saturated carbocycles. The first-order valence-electron chi connectivity index (χ1n) is 5.64. The Morgan fingerprint density at radius 1 is 1.47 bits per heavy atom. The van der Waals surface area contributed by atoms with Crippen molar-refractivity contribution >= 4 is 11.7 Å². The Balaban J connectivity index is 2.85. The summed E-state index contributed by atoms with van der Waals surface area (Å²) in [6, 6.07) is 5.62. The molecule has 1 atom stereocenters. The van der Waals surface area contributed by atoms with E-state index in [4.69, 9.17) is 5.11 Å². The van der Waals surface area contributed by atoms with E-state index >= 15 is 0 Å². The lowest BCUT2D eigenvalue weighted by atomic mass is 10.1. The van der Waals surface area contributed by atoms with Crippen LogP contribution in [0.3, 0.4) is 0 Å². The summed E-state index contributed by atoms with van der Waals surface area (Å²) in [7, 11) is 3.57. The average Bonchev–Trinajstić information content (AvgIpc) is 2.28. The van der Waals surface area contributed by atoms with Gasteiger partial charge in [-0.15, -0.1) is 0 Å². The van der Waals surface area contributed by atoms with Gasteiger partial charge >= 0.3 is 5.97 Å². The lowest BCUT2D eigenvalue weighted by molar-refractivity contribution is -0.139. The highest BCUT2D eigenvalue weighted by molar-refractivity contribution is 5.74. The van der Waals surface area contributed by atoms with Crippen molar-refractivity contribution in [3.63, 3.8) is 0 Å². The van der Waals surface area contributed by atoms with Crippen LogP contribution in [0, 0.1) is 13.8 Å². The zero-order valence-electron chi connectivity index (χ0n) is 10.8. The molecule has 17 heavy (non-hydrogen) atoms. The van der Waals surface area contributed by atoms with Gasteiger partial charge in [0.25, 0.3) is 0 Å². The van der Waals surface area contributed by atoms with Crippen molar-refractivity contribution < 1.29 is 9.90 Å². The molecule has 0 heterocycles. The molecule has 4 nitrogen and oxygen atoms in total. The standard InChI is InChI=1S/C13H20N2O2/c1-9-5-6-10(2)12(7-9)15(4)8-11(14-3)13(16)17/h5-7,11,14H,8H2,1-4H3,(H,16,17). The molecule has 0 aliphatic rings. The van der Waals surface area contributed by atoms with Crippen molar-refractivity contribution in [1.29, 1.82) is 0 Å². The molecule has 0 amide bonds. The van der Waals surface area contributed by atoms with Crippen LogP contribution in [0.4, 0.5) is 5.69 Å². The highest BCUT2D eigenvalue weighted by Gasteiger charge is 2.18. The second-order valence-corrected chi connectivity index (χ2v) is 4.35. The minimum Gasteiger partial charge on any atom is -0.480 e. The fourth-order valence-electron chi connectivity index (χ4n) is 1.80. The van der Waals surface area contributed by atoms with E-state index in [1.54, 1.807) is 7.05 Å². The summed E-state index contributed by atoms with van der Waals surface area (Å²) in [5, 5.41) is 11.8. The van der Waals surface area contributed by atoms with Crippen LogP contribution < -0.4 is 10.2 Å². The summed E-state index contributed by atoms with van der Waals surface area (Å²) in [5.74, 6) is -0.829. The molecule has 0 aliphatic carbocycles. The van der Waals surface area contributed by atoms with Crippen LogP contribution in [0.5, 0.6) is 0 Å². The molecule has 0 aliphatic heterocycles. The normalized spacial score (nSPS) is 12.2. The maximum absolute atomic E-state index is 11.0. The number of nitrogens with one attached hydrogen (secondary N) is 1. The highest BCUT2D eigenvalue weighted by atomic mass is 16.4. The molecule has 0 radical (unpaired) electrons. The van der Waals surface area contributed by atoms with E-state index in [2.05, 4.69) is 23.5 Å². The summed E-state index contributed by atoms with van der Waals surface area (Å²) in [5.41, 5.74) is 3.40. The van der Waals surface area contributed by atoms with E-state index in [1.165, 1.54) is 5.56 Å². The molecule has 0 bridgehead atoms. The van der Waals surface area contributed by atoms with Crippen molar-refractivity contribution in [2.24, 2.45) is 0 Å². The van der Waals surface area contributed by atoms with Crippen LogP contribution in [-0.2, 0) is 4.79 Å². The molecule has 0 saturated heterocycles. The number of hydrogen-bond donors (Lipinski definition) is 2. The molecule has 0 fully saturated rings. The van der Waals surface area contributed by atoms with Crippen LogP contribution >= 0.6 is 0 Å². The SMILES string of the molecule is CNC(CN(C)c1cc(C)ccc1C)C(=O)O. The maximum Gasteiger partial charge on any atom is 0.322 e. The molecule has 0 spiro atoms. The van der Waals surface area contributed by atoms with E-state index in [9.17, 15) is 4.79 Å². The van der Waals surface area contributed by atoms with Crippen molar-refractivity contribution in [1.82, 2.24) is 5.32 Å². The van der Waals surface area contributed by atoms with Gasteiger partial charge in [-0.2, -0.15) is 0 Å². The summed E-state index contributed by atoms with van der Waals surface area (Å²) >= 11 is 0. The first-order chi connectivity index (χ1) is 7.95. The number of carbonyl (C=O) groups is 1. The number of aryl methyl sites for hydroxylation is 2. The van der Waals surface area contributed by atoms with Gasteiger partial charge in [-0.3, -0.25) is 4.79 Å². The predicted octanol–water partition coefficient (Wildman–Crippen LogP) is 1.41. The van der Waals surface area contributed by atoms with Crippen molar-refractivity contribution in [3.8, 4) is 0 Å². The van der Waals surface area contributed by atoms with Crippen LogP contribution in [0.1, 0.15) is 11.1 Å². The van der Waals surface area contributed by atoms with Crippen molar-refractivity contribution in [3.05, 3.63) is 29.3 Å². The third-order valence-corrected chi connectivity index (χ3v) is 2.88. The second-order valence-electron chi connectivity index (χ2n) is 4.35. The molecule has 1 aromatic rings. The zero-order valence-corrected chi connectivity index (χ0v) is 10.8. The number of benzene rings is 1. The van der Waals surface area contributed by atoms with E-state index < -0.39 is 12.0 Å². The van der Waals surface area contributed by atoms with E-state index in [0.29, 0.717) is 6.54 Å². The molecule has 0 aromatic heterocycles. The summed E-state index contributed by atoms with van der Waals surface area (Å²) in [4.78, 5) is 12.9. The van der Waals surface area contributed by atoms with Gasteiger partial charge < -0.3 is 15.3 Å². The van der Waals surface area contributed by atoms with E-state index in [0.717, 1.165) is 11.3 Å². The number of aliphatic carboxylic acids is 1. The molecule has 1 unspecified atom stereocenters. The van der Waals surface area contributed by atoms with Gasteiger partial charge in [0.15, 0.2) is 0 Å². The highest BCUT2D eigenvalue weighted by Crippen LogP contribution is 2.20. The number of likely N-dealkylation sites (N-methyl/N-ethyl adjacent to an activating group) is 2. The number of nitrogens with zero attached hydrogens (tertiary/aromatic N) is 1. The van der Waals surface area contributed by atoms with Crippen LogP contribution in [0.2, 0.25) is 0 Å². The lowest BCUT2D eigenvalue weighted by Gasteiger charge is -2.25. The topological polar surface area (TPSA) is 52.6 Å². The Bertz CT molecular complexity index is 404. The van der Waals surface area contributed by atoms with Gasteiger partial charge in [0.05, 0.1) is 0 Å².